The molecule has 0 bridgehead atoms. The zero-order chi connectivity index (χ0) is 15.1. The first kappa shape index (κ1) is 13.0. The van der Waals surface area contributed by atoms with Gasteiger partial charge >= 0.3 is 0 Å². The largest absolute Gasteiger partial charge is 0.361 e. The SMILES string of the molecule is Cc1c[nH]c2cc(-n3ccc(-c4ccccc4)c3C)ccc12. The minimum absolute atomic E-state index is 1.18. The molecule has 0 fully saturated rings. The lowest BCUT2D eigenvalue weighted by molar-refractivity contribution is 1.02. The monoisotopic (exact) mass is 286 g/mol. The summed E-state index contributed by atoms with van der Waals surface area (Å²) in [6, 6.07) is 19.3. The van der Waals surface area contributed by atoms with Gasteiger partial charge < -0.3 is 9.55 Å². The van der Waals surface area contributed by atoms with Crippen LogP contribution in [0, 0.1) is 13.8 Å². The van der Waals surface area contributed by atoms with Gasteiger partial charge in [-0.3, -0.25) is 0 Å². The molecule has 0 aliphatic heterocycles. The number of aromatic amines is 1. The Bertz CT molecular complexity index is 942. The van der Waals surface area contributed by atoms with Crippen LogP contribution >= 0.6 is 0 Å². The van der Waals surface area contributed by atoms with Gasteiger partial charge in [0.15, 0.2) is 0 Å². The maximum absolute atomic E-state index is 3.34. The molecule has 2 aromatic heterocycles. The Labute approximate surface area is 130 Å². The second-order valence-electron chi connectivity index (χ2n) is 5.75. The fourth-order valence-electron chi connectivity index (χ4n) is 3.12. The third-order valence-corrected chi connectivity index (χ3v) is 4.38. The predicted molar refractivity (Wildman–Crippen MR) is 92.5 cm³/mol. The summed E-state index contributed by atoms with van der Waals surface area (Å²) in [7, 11) is 0. The van der Waals surface area contributed by atoms with E-state index in [0.29, 0.717) is 0 Å². The molecular formula is C20H18N2. The molecule has 4 rings (SSSR count). The predicted octanol–water partition coefficient (Wildman–Crippen LogP) is 5.24. The molecule has 2 heteroatoms. The van der Waals surface area contributed by atoms with Crippen LogP contribution in [0.2, 0.25) is 0 Å². The van der Waals surface area contributed by atoms with Gasteiger partial charge in [-0.1, -0.05) is 36.4 Å². The minimum atomic E-state index is 1.18. The van der Waals surface area contributed by atoms with Crippen LogP contribution < -0.4 is 0 Å². The molecule has 2 heterocycles. The van der Waals surface area contributed by atoms with Crippen molar-refractivity contribution in [3.63, 3.8) is 0 Å². The van der Waals surface area contributed by atoms with Crippen molar-refractivity contribution in [2.45, 2.75) is 13.8 Å². The van der Waals surface area contributed by atoms with Crippen molar-refractivity contribution in [3.8, 4) is 16.8 Å². The maximum Gasteiger partial charge on any atom is 0.0477 e. The third-order valence-electron chi connectivity index (χ3n) is 4.38. The number of fused-ring (bicyclic) bond motifs is 1. The summed E-state index contributed by atoms with van der Waals surface area (Å²) >= 11 is 0. The summed E-state index contributed by atoms with van der Waals surface area (Å²) in [6.45, 7) is 4.30. The number of nitrogens with zero attached hydrogens (tertiary/aromatic N) is 1. The molecule has 0 saturated heterocycles. The van der Waals surface area contributed by atoms with Gasteiger partial charge in [-0.2, -0.15) is 0 Å². The van der Waals surface area contributed by atoms with Crippen molar-refractivity contribution in [3.05, 3.63) is 78.2 Å². The summed E-state index contributed by atoms with van der Waals surface area (Å²) in [5.41, 5.74) is 7.46. The Morgan fingerprint density at radius 1 is 0.909 bits per heavy atom. The van der Waals surface area contributed by atoms with Crippen LogP contribution in [0.1, 0.15) is 11.3 Å². The van der Waals surface area contributed by atoms with Gasteiger partial charge in [-0.15, -0.1) is 0 Å². The van der Waals surface area contributed by atoms with Crippen LogP contribution in [0.25, 0.3) is 27.7 Å². The summed E-state index contributed by atoms with van der Waals surface area (Å²) in [4.78, 5) is 3.34. The average molecular weight is 286 g/mol. The van der Waals surface area contributed by atoms with E-state index < -0.39 is 0 Å². The van der Waals surface area contributed by atoms with E-state index in [-0.39, 0.29) is 0 Å². The number of rotatable bonds is 2. The molecule has 0 unspecified atom stereocenters. The Morgan fingerprint density at radius 3 is 2.55 bits per heavy atom. The van der Waals surface area contributed by atoms with E-state index in [1.54, 1.807) is 0 Å². The van der Waals surface area contributed by atoms with Gasteiger partial charge in [-0.25, -0.2) is 0 Å². The molecule has 4 aromatic rings. The highest BCUT2D eigenvalue weighted by molar-refractivity contribution is 5.85. The zero-order valence-electron chi connectivity index (χ0n) is 12.8. The van der Waals surface area contributed by atoms with Crippen LogP contribution in [0.3, 0.4) is 0 Å². The Hall–Kier alpha value is -2.74. The highest BCUT2D eigenvalue weighted by Gasteiger charge is 2.09. The van der Waals surface area contributed by atoms with Gasteiger partial charge in [-0.05, 0) is 43.2 Å². The Kier molecular flexibility index (Phi) is 2.90. The van der Waals surface area contributed by atoms with Crippen molar-refractivity contribution in [1.82, 2.24) is 9.55 Å². The molecule has 0 radical (unpaired) electrons. The number of nitrogens with one attached hydrogen (secondary N) is 1. The van der Waals surface area contributed by atoms with Gasteiger partial charge in [0, 0.05) is 40.2 Å². The van der Waals surface area contributed by atoms with E-state index in [0.717, 1.165) is 0 Å². The van der Waals surface area contributed by atoms with Crippen LogP contribution in [0.4, 0.5) is 0 Å². The molecule has 22 heavy (non-hydrogen) atoms. The Balaban J connectivity index is 1.83. The number of hydrogen-bond acceptors (Lipinski definition) is 0. The lowest BCUT2D eigenvalue weighted by atomic mass is 10.1. The van der Waals surface area contributed by atoms with Crippen molar-refractivity contribution in [1.29, 1.82) is 0 Å². The molecule has 0 amide bonds. The van der Waals surface area contributed by atoms with Crippen molar-refractivity contribution in [2.75, 3.05) is 0 Å². The number of aromatic nitrogens is 2. The standard InChI is InChI=1S/C20H18N2/c1-14-13-21-20-12-17(8-9-18(14)20)22-11-10-19(15(22)2)16-6-4-3-5-7-16/h3-13,21H,1-2H3. The molecule has 0 aliphatic carbocycles. The van der Waals surface area contributed by atoms with E-state index in [4.69, 9.17) is 0 Å². The topological polar surface area (TPSA) is 20.7 Å². The molecule has 0 spiro atoms. The van der Waals surface area contributed by atoms with Crippen LogP contribution in [-0.2, 0) is 0 Å². The van der Waals surface area contributed by atoms with E-state index in [1.165, 1.54) is 39.0 Å². The van der Waals surface area contributed by atoms with Gasteiger partial charge in [0.2, 0.25) is 0 Å². The molecule has 2 nitrogen and oxygen atoms in total. The molecular weight excluding hydrogens is 268 g/mol. The first-order chi connectivity index (χ1) is 10.7. The lowest BCUT2D eigenvalue weighted by Gasteiger charge is -2.08. The molecule has 0 saturated carbocycles. The Morgan fingerprint density at radius 2 is 1.73 bits per heavy atom. The van der Waals surface area contributed by atoms with Crippen LogP contribution in [0.15, 0.2) is 67.0 Å². The lowest BCUT2D eigenvalue weighted by Crippen LogP contribution is -1.95. The molecule has 0 atom stereocenters. The second kappa shape index (κ2) is 4.92. The highest BCUT2D eigenvalue weighted by atomic mass is 15.0. The third kappa shape index (κ3) is 1.96. The van der Waals surface area contributed by atoms with Crippen LogP contribution in [0.5, 0.6) is 0 Å². The van der Waals surface area contributed by atoms with E-state index in [9.17, 15) is 0 Å². The van der Waals surface area contributed by atoms with E-state index in [2.05, 4.69) is 90.4 Å². The number of H-pyrrole nitrogens is 1. The van der Waals surface area contributed by atoms with Crippen molar-refractivity contribution in [2.24, 2.45) is 0 Å². The van der Waals surface area contributed by atoms with Crippen molar-refractivity contribution >= 4 is 10.9 Å². The van der Waals surface area contributed by atoms with Gasteiger partial charge in [0.05, 0.1) is 0 Å². The summed E-state index contributed by atoms with van der Waals surface area (Å²) in [6.07, 6.45) is 4.21. The second-order valence-corrected chi connectivity index (χ2v) is 5.75. The summed E-state index contributed by atoms with van der Waals surface area (Å²) < 4.78 is 2.25. The quantitative estimate of drug-likeness (QED) is 0.520. The molecule has 2 aromatic carbocycles. The summed E-state index contributed by atoms with van der Waals surface area (Å²) in [5, 5.41) is 1.29. The fraction of sp³-hybridized carbons (Fsp3) is 0.100. The van der Waals surface area contributed by atoms with Gasteiger partial charge in [0.25, 0.3) is 0 Å². The molecule has 108 valence electrons. The number of aryl methyl sites for hydroxylation is 1. The number of hydrogen-bond donors (Lipinski definition) is 1. The van der Waals surface area contributed by atoms with Gasteiger partial charge in [0.1, 0.15) is 0 Å². The van der Waals surface area contributed by atoms with E-state index in [1.807, 2.05) is 0 Å². The zero-order valence-corrected chi connectivity index (χ0v) is 12.8. The number of benzene rings is 2. The van der Waals surface area contributed by atoms with Crippen LogP contribution in [-0.4, -0.2) is 9.55 Å². The molecule has 0 aliphatic rings. The first-order valence-corrected chi connectivity index (χ1v) is 7.55. The minimum Gasteiger partial charge on any atom is -0.361 e. The fourth-order valence-corrected chi connectivity index (χ4v) is 3.12. The normalized spacial score (nSPS) is 11.2. The van der Waals surface area contributed by atoms with E-state index >= 15 is 0 Å². The van der Waals surface area contributed by atoms with Crippen molar-refractivity contribution < 1.29 is 0 Å². The summed E-state index contributed by atoms with van der Waals surface area (Å²) in [5.74, 6) is 0. The molecule has 1 N–H and O–H groups in total. The average Bonchev–Trinajstić information content (AvgIpc) is 3.11. The smallest absolute Gasteiger partial charge is 0.0477 e. The highest BCUT2D eigenvalue weighted by Crippen LogP contribution is 2.28. The first-order valence-electron chi connectivity index (χ1n) is 7.55. The maximum atomic E-state index is 3.34.